The Morgan fingerprint density at radius 2 is 1.81 bits per heavy atom. The normalized spacial score (nSPS) is 17.8. The second-order valence-electron chi connectivity index (χ2n) is 12.7. The van der Waals surface area contributed by atoms with Gasteiger partial charge in [-0.25, -0.2) is 23.5 Å². The van der Waals surface area contributed by atoms with Crippen LogP contribution in [-0.2, 0) is 4.79 Å². The number of hydrogen-bond acceptors (Lipinski definition) is 8. The molecule has 2 aromatic carbocycles. The Bertz CT molecular complexity index is 1950. The summed E-state index contributed by atoms with van der Waals surface area (Å²) < 4.78 is 33.7. The molecule has 13 heteroatoms. The summed E-state index contributed by atoms with van der Waals surface area (Å²) in [6.45, 7) is 14.1. The minimum Gasteiger partial charge on any atom is -0.507 e. The van der Waals surface area contributed by atoms with Crippen molar-refractivity contribution >= 4 is 39.9 Å². The first-order chi connectivity index (χ1) is 22.4. The molecule has 10 nitrogen and oxygen atoms in total. The van der Waals surface area contributed by atoms with Gasteiger partial charge in [-0.15, -0.1) is 0 Å². The summed E-state index contributed by atoms with van der Waals surface area (Å²) in [4.78, 5) is 44.5. The number of nitrogens with one attached hydrogen (secondary N) is 1. The van der Waals surface area contributed by atoms with Gasteiger partial charge in [0.1, 0.15) is 23.7 Å². The molecule has 1 fully saturated rings. The zero-order valence-corrected chi connectivity index (χ0v) is 27.6. The van der Waals surface area contributed by atoms with Gasteiger partial charge in [0.15, 0.2) is 5.82 Å². The third-order valence-electron chi connectivity index (χ3n) is 8.98. The van der Waals surface area contributed by atoms with E-state index in [0.717, 1.165) is 6.07 Å². The van der Waals surface area contributed by atoms with Crippen molar-refractivity contribution < 1.29 is 18.7 Å². The number of benzene rings is 2. The van der Waals surface area contributed by atoms with Crippen LogP contribution >= 0.6 is 11.6 Å². The van der Waals surface area contributed by atoms with Crippen LogP contribution in [-0.4, -0.2) is 67.2 Å². The number of rotatable bonds is 5. The van der Waals surface area contributed by atoms with Gasteiger partial charge in [-0.1, -0.05) is 51.9 Å². The summed E-state index contributed by atoms with van der Waals surface area (Å²) in [5, 5.41) is 13.9. The number of aromatic nitrogens is 4. The number of piperazine rings is 1. The number of anilines is 2. The van der Waals surface area contributed by atoms with E-state index in [2.05, 4.69) is 26.8 Å². The van der Waals surface area contributed by atoms with Crippen molar-refractivity contribution in [1.29, 1.82) is 0 Å². The predicted molar refractivity (Wildman–Crippen MR) is 179 cm³/mol. The molecule has 0 radical (unpaired) electrons. The maximum atomic E-state index is 17.0. The van der Waals surface area contributed by atoms with Gasteiger partial charge in [-0.3, -0.25) is 9.36 Å². The van der Waals surface area contributed by atoms with Gasteiger partial charge in [0.2, 0.25) is 5.91 Å². The second-order valence-corrected chi connectivity index (χ2v) is 13.0. The van der Waals surface area contributed by atoms with Crippen molar-refractivity contribution in [3.8, 4) is 22.6 Å². The zero-order chi connectivity index (χ0) is 33.9. The SMILES string of the molecule is C=CC(=O)N1CC2CCNc3c(F)c(-c4c(O)cccc4F)c(Cl)c4c3c(nc(=O)n4-c3c(C(C)C)ncnc3C(C)C)N2CC1C. The number of fused-ring (bicyclic) bond motifs is 2. The molecule has 0 aliphatic carbocycles. The van der Waals surface area contributed by atoms with E-state index in [9.17, 15) is 14.7 Å². The Morgan fingerprint density at radius 1 is 1.13 bits per heavy atom. The molecule has 1 saturated heterocycles. The van der Waals surface area contributed by atoms with E-state index < -0.39 is 34.2 Å². The molecule has 1 amide bonds. The smallest absolute Gasteiger partial charge is 0.354 e. The summed E-state index contributed by atoms with van der Waals surface area (Å²) in [5.74, 6) is -2.67. The highest BCUT2D eigenvalue weighted by molar-refractivity contribution is 6.39. The Kier molecular flexibility index (Phi) is 8.41. The first-order valence-electron chi connectivity index (χ1n) is 15.6. The van der Waals surface area contributed by atoms with Gasteiger partial charge in [-0.2, -0.15) is 4.98 Å². The molecule has 4 aromatic rings. The molecule has 2 N–H and O–H groups in total. The molecule has 2 aliphatic rings. The van der Waals surface area contributed by atoms with Crippen molar-refractivity contribution in [2.45, 2.75) is 65.0 Å². The Labute approximate surface area is 275 Å². The fraction of sp³-hybridized carbons (Fsp3) is 0.382. The van der Waals surface area contributed by atoms with Crippen LogP contribution in [0.25, 0.3) is 27.7 Å². The molecular formula is C34H36ClF2N7O3. The molecule has 2 aromatic heterocycles. The number of halogens is 3. The zero-order valence-electron chi connectivity index (χ0n) is 26.8. The number of phenolic OH excluding ortho intramolecular Hbond substituents is 1. The van der Waals surface area contributed by atoms with E-state index >= 15 is 8.78 Å². The molecule has 2 atom stereocenters. The number of hydrogen-bond donors (Lipinski definition) is 2. The average molecular weight is 664 g/mol. The monoisotopic (exact) mass is 663 g/mol. The number of carbonyl (C=O) groups excluding carboxylic acids is 1. The predicted octanol–water partition coefficient (Wildman–Crippen LogP) is 6.13. The lowest BCUT2D eigenvalue weighted by molar-refractivity contribution is -0.128. The minimum absolute atomic E-state index is 0.0388. The van der Waals surface area contributed by atoms with Crippen molar-refractivity contribution in [2.75, 3.05) is 29.9 Å². The Balaban J connectivity index is 1.80. The van der Waals surface area contributed by atoms with Crippen molar-refractivity contribution in [3.63, 3.8) is 0 Å². The van der Waals surface area contributed by atoms with Crippen molar-refractivity contribution in [1.82, 2.24) is 24.4 Å². The average Bonchev–Trinajstić information content (AvgIpc) is 3.02. The Morgan fingerprint density at radius 3 is 2.43 bits per heavy atom. The third kappa shape index (κ3) is 5.18. The maximum Gasteiger partial charge on any atom is 0.354 e. The molecule has 246 valence electrons. The number of phenols is 1. The summed E-state index contributed by atoms with van der Waals surface area (Å²) >= 11 is 7.17. The number of nitrogens with zero attached hydrogens (tertiary/aromatic N) is 6. The fourth-order valence-corrected chi connectivity index (χ4v) is 7.13. The summed E-state index contributed by atoms with van der Waals surface area (Å²) in [6.07, 6.45) is 3.17. The largest absolute Gasteiger partial charge is 0.507 e. The van der Waals surface area contributed by atoms with Crippen LogP contribution < -0.4 is 15.9 Å². The first kappa shape index (κ1) is 32.4. The van der Waals surface area contributed by atoms with Gasteiger partial charge >= 0.3 is 5.69 Å². The number of amides is 1. The standard InChI is InChI=1S/C34H36ClF2N7O3/c1-7-22(46)42-14-19-11-12-38-30-25-31(26(35)24(27(30)37)23-20(36)9-8-10-21(23)45)44(34(47)41-33(25)43(19)13-18(42)6)32-28(16(2)3)39-15-40-29(32)17(4)5/h7-10,15-19,38,45H,1,11-14H2,2-6H3. The summed E-state index contributed by atoms with van der Waals surface area (Å²) in [7, 11) is 0. The van der Waals surface area contributed by atoms with Crippen LogP contribution in [0.15, 0.2) is 42.0 Å². The molecule has 0 spiro atoms. The summed E-state index contributed by atoms with van der Waals surface area (Å²) in [6, 6.07) is 3.08. The lowest BCUT2D eigenvalue weighted by Gasteiger charge is -2.46. The van der Waals surface area contributed by atoms with E-state index in [1.165, 1.54) is 29.1 Å². The minimum atomic E-state index is -0.902. The van der Waals surface area contributed by atoms with E-state index in [-0.39, 0.29) is 63.8 Å². The number of aromatic hydroxyl groups is 1. The second kappa shape index (κ2) is 12.2. The molecule has 47 heavy (non-hydrogen) atoms. The molecule has 4 heterocycles. The lowest BCUT2D eigenvalue weighted by Crippen LogP contribution is -2.60. The van der Waals surface area contributed by atoms with Crippen LogP contribution in [0.3, 0.4) is 0 Å². The highest BCUT2D eigenvalue weighted by Gasteiger charge is 2.39. The Hall–Kier alpha value is -4.58. The van der Waals surface area contributed by atoms with E-state index in [4.69, 9.17) is 11.6 Å². The molecular weight excluding hydrogens is 628 g/mol. The van der Waals surface area contributed by atoms with Crippen LogP contribution in [0, 0.1) is 11.6 Å². The van der Waals surface area contributed by atoms with Gasteiger partial charge in [0, 0.05) is 37.3 Å². The van der Waals surface area contributed by atoms with Gasteiger partial charge in [0.05, 0.1) is 44.3 Å². The van der Waals surface area contributed by atoms with Crippen molar-refractivity contribution in [2.24, 2.45) is 0 Å². The number of carbonyl (C=O) groups is 1. The first-order valence-corrected chi connectivity index (χ1v) is 16.0. The highest BCUT2D eigenvalue weighted by atomic mass is 35.5. The fourth-order valence-electron chi connectivity index (χ4n) is 6.77. The van der Waals surface area contributed by atoms with Crippen molar-refractivity contribution in [3.05, 3.63) is 75.7 Å². The maximum absolute atomic E-state index is 17.0. The lowest BCUT2D eigenvalue weighted by atomic mass is 9.96. The molecule has 0 bridgehead atoms. The van der Waals surface area contributed by atoms with Crippen LogP contribution in [0.4, 0.5) is 20.3 Å². The third-order valence-corrected chi connectivity index (χ3v) is 9.35. The van der Waals surface area contributed by atoms with Crippen LogP contribution in [0.2, 0.25) is 5.02 Å². The van der Waals surface area contributed by atoms with Gasteiger partial charge in [0.25, 0.3) is 0 Å². The van der Waals surface area contributed by atoms with E-state index in [1.807, 2.05) is 39.5 Å². The molecule has 6 rings (SSSR count). The van der Waals surface area contributed by atoms with E-state index in [1.54, 1.807) is 4.90 Å². The molecule has 2 aliphatic heterocycles. The van der Waals surface area contributed by atoms with Crippen LogP contribution in [0.1, 0.15) is 64.3 Å². The quantitative estimate of drug-likeness (QED) is 0.245. The molecule has 2 unspecified atom stereocenters. The van der Waals surface area contributed by atoms with E-state index in [0.29, 0.717) is 36.6 Å². The summed E-state index contributed by atoms with van der Waals surface area (Å²) in [5.41, 5.74) is -0.0749. The topological polar surface area (TPSA) is 116 Å². The molecule has 0 saturated carbocycles. The van der Waals surface area contributed by atoms with Crippen LogP contribution in [0.5, 0.6) is 5.75 Å². The highest BCUT2D eigenvalue weighted by Crippen LogP contribution is 2.49. The van der Waals surface area contributed by atoms with Gasteiger partial charge < -0.3 is 20.2 Å². The van der Waals surface area contributed by atoms with Gasteiger partial charge in [-0.05, 0) is 43.4 Å².